The highest BCUT2D eigenvalue weighted by molar-refractivity contribution is 5.98. The summed E-state index contributed by atoms with van der Waals surface area (Å²) in [6, 6.07) is 2.30. The van der Waals surface area contributed by atoms with Gasteiger partial charge in [-0.2, -0.15) is 5.10 Å². The van der Waals surface area contributed by atoms with Crippen LogP contribution < -0.4 is 10.6 Å². The van der Waals surface area contributed by atoms with Gasteiger partial charge < -0.3 is 15.4 Å². The number of nitrogens with zero attached hydrogens (tertiary/aromatic N) is 4. The molecule has 0 unspecified atom stereocenters. The molecule has 2 fully saturated rings. The van der Waals surface area contributed by atoms with E-state index in [0.717, 1.165) is 25.4 Å². The van der Waals surface area contributed by atoms with Gasteiger partial charge in [-0.05, 0) is 12.5 Å². The Morgan fingerprint density at radius 2 is 2.42 bits per heavy atom. The molecule has 2 aliphatic heterocycles. The molecule has 0 aliphatic carbocycles. The van der Waals surface area contributed by atoms with Crippen molar-refractivity contribution < 1.29 is 9.53 Å². The van der Waals surface area contributed by atoms with E-state index in [-0.39, 0.29) is 0 Å². The molecular formula is C12H13N5O2. The second kappa shape index (κ2) is 3.67. The number of fused-ring (bicyclic) bond motifs is 3. The maximum Gasteiger partial charge on any atom is 0.254 e. The van der Waals surface area contributed by atoms with Gasteiger partial charge >= 0.3 is 0 Å². The van der Waals surface area contributed by atoms with Crippen LogP contribution in [0.2, 0.25) is 0 Å². The maximum atomic E-state index is 11.3. The van der Waals surface area contributed by atoms with Gasteiger partial charge in [-0.1, -0.05) is 0 Å². The van der Waals surface area contributed by atoms with Crippen molar-refractivity contribution in [3.63, 3.8) is 0 Å². The molecule has 4 rings (SSSR count). The van der Waals surface area contributed by atoms with E-state index >= 15 is 0 Å². The number of hydrogen-bond acceptors (Lipinski definition) is 5. The molecule has 7 nitrogen and oxygen atoms in total. The largest absolute Gasteiger partial charge is 0.374 e. The summed E-state index contributed by atoms with van der Waals surface area (Å²) in [6.07, 6.45) is 4.61. The SMILES string of the molecule is NC(=O)c1cnn2ccc(N3C[C@H]4C[C@@H]3CO4)nc12. The first-order valence-corrected chi connectivity index (χ1v) is 6.25. The third-order valence-corrected chi connectivity index (χ3v) is 3.81. The fourth-order valence-electron chi connectivity index (χ4n) is 2.87. The van der Waals surface area contributed by atoms with E-state index in [1.54, 1.807) is 10.7 Å². The number of anilines is 1. The molecule has 2 bridgehead atoms. The van der Waals surface area contributed by atoms with Crippen molar-refractivity contribution in [2.45, 2.75) is 18.6 Å². The van der Waals surface area contributed by atoms with Gasteiger partial charge in [-0.15, -0.1) is 0 Å². The second-order valence-corrected chi connectivity index (χ2v) is 4.97. The Labute approximate surface area is 109 Å². The van der Waals surface area contributed by atoms with Crippen LogP contribution in [0.4, 0.5) is 5.82 Å². The van der Waals surface area contributed by atoms with Crippen molar-refractivity contribution >= 4 is 17.4 Å². The topological polar surface area (TPSA) is 85.8 Å². The number of aromatic nitrogens is 3. The summed E-state index contributed by atoms with van der Waals surface area (Å²) in [5.41, 5.74) is 6.18. The van der Waals surface area contributed by atoms with E-state index in [1.165, 1.54) is 6.20 Å². The first kappa shape index (κ1) is 10.7. The first-order chi connectivity index (χ1) is 9.22. The van der Waals surface area contributed by atoms with Crippen LogP contribution in [0.15, 0.2) is 18.5 Å². The van der Waals surface area contributed by atoms with Crippen LogP contribution in [0, 0.1) is 0 Å². The van der Waals surface area contributed by atoms with Crippen molar-refractivity contribution in [3.05, 3.63) is 24.0 Å². The van der Waals surface area contributed by atoms with E-state index in [9.17, 15) is 4.79 Å². The number of morpholine rings is 1. The number of carbonyl (C=O) groups is 1. The third kappa shape index (κ3) is 1.51. The summed E-state index contributed by atoms with van der Waals surface area (Å²) in [7, 11) is 0. The third-order valence-electron chi connectivity index (χ3n) is 3.81. The van der Waals surface area contributed by atoms with E-state index in [2.05, 4.69) is 15.0 Å². The minimum absolute atomic E-state index is 0.309. The van der Waals surface area contributed by atoms with Gasteiger partial charge in [-0.3, -0.25) is 4.79 Å². The molecule has 2 aliphatic rings. The first-order valence-electron chi connectivity index (χ1n) is 6.25. The van der Waals surface area contributed by atoms with E-state index < -0.39 is 5.91 Å². The molecule has 0 aromatic carbocycles. The number of ether oxygens (including phenoxy) is 1. The average Bonchev–Trinajstić information content (AvgIpc) is 3.12. The number of primary amides is 1. The molecule has 0 spiro atoms. The lowest BCUT2D eigenvalue weighted by atomic mass is 10.2. The summed E-state index contributed by atoms with van der Waals surface area (Å²) in [6.45, 7) is 1.60. The highest BCUT2D eigenvalue weighted by Gasteiger charge is 2.39. The molecule has 2 aromatic heterocycles. The quantitative estimate of drug-likeness (QED) is 0.807. The molecule has 0 radical (unpaired) electrons. The van der Waals surface area contributed by atoms with Crippen molar-refractivity contribution in [3.8, 4) is 0 Å². The second-order valence-electron chi connectivity index (χ2n) is 4.97. The van der Waals surface area contributed by atoms with Gasteiger partial charge in [0.1, 0.15) is 11.4 Å². The minimum atomic E-state index is -0.508. The molecule has 98 valence electrons. The Hall–Kier alpha value is -2.15. The molecule has 2 aromatic rings. The van der Waals surface area contributed by atoms with Crippen LogP contribution in [0.3, 0.4) is 0 Å². The zero-order chi connectivity index (χ0) is 13.0. The van der Waals surface area contributed by atoms with Gasteiger partial charge in [0, 0.05) is 12.7 Å². The normalized spacial score (nSPS) is 25.4. The van der Waals surface area contributed by atoms with Crippen LogP contribution in [-0.2, 0) is 4.74 Å². The number of amides is 1. The predicted octanol–water partition coefficient (Wildman–Crippen LogP) is -0.194. The molecule has 2 atom stereocenters. The summed E-state index contributed by atoms with van der Waals surface area (Å²) in [5, 5.41) is 4.07. The summed E-state index contributed by atoms with van der Waals surface area (Å²) in [4.78, 5) is 18.1. The fraction of sp³-hybridized carbons (Fsp3) is 0.417. The number of nitrogens with two attached hydrogens (primary N) is 1. The molecular weight excluding hydrogens is 246 g/mol. The zero-order valence-electron chi connectivity index (χ0n) is 10.2. The Balaban J connectivity index is 1.79. The standard InChI is InChI=1S/C12H13N5O2/c13-11(18)9-4-14-17-2-1-10(15-12(9)17)16-5-8-3-7(16)6-19-8/h1-2,4,7-8H,3,5-6H2,(H2,13,18)/t7-,8-/m1/s1. The number of rotatable bonds is 2. The summed E-state index contributed by atoms with van der Waals surface area (Å²) >= 11 is 0. The Bertz CT molecular complexity index is 667. The van der Waals surface area contributed by atoms with E-state index in [1.807, 2.05) is 6.07 Å². The maximum absolute atomic E-state index is 11.3. The predicted molar refractivity (Wildman–Crippen MR) is 67.0 cm³/mol. The average molecular weight is 259 g/mol. The van der Waals surface area contributed by atoms with Crippen molar-refractivity contribution in [1.29, 1.82) is 0 Å². The Kier molecular flexibility index (Phi) is 2.08. The molecule has 2 N–H and O–H groups in total. The van der Waals surface area contributed by atoms with Crippen LogP contribution in [0.5, 0.6) is 0 Å². The van der Waals surface area contributed by atoms with Gasteiger partial charge in [0.2, 0.25) is 0 Å². The lowest BCUT2D eigenvalue weighted by Crippen LogP contribution is -2.37. The van der Waals surface area contributed by atoms with Crippen LogP contribution in [0.1, 0.15) is 16.8 Å². The highest BCUT2D eigenvalue weighted by atomic mass is 16.5. The zero-order valence-corrected chi connectivity index (χ0v) is 10.2. The fourth-order valence-corrected chi connectivity index (χ4v) is 2.87. The van der Waals surface area contributed by atoms with E-state index in [0.29, 0.717) is 23.4 Å². The van der Waals surface area contributed by atoms with Gasteiger partial charge in [0.05, 0.1) is 24.9 Å². The van der Waals surface area contributed by atoms with Crippen molar-refractivity contribution in [1.82, 2.24) is 14.6 Å². The van der Waals surface area contributed by atoms with Crippen LogP contribution in [0.25, 0.3) is 5.65 Å². The molecule has 2 saturated heterocycles. The van der Waals surface area contributed by atoms with E-state index in [4.69, 9.17) is 10.5 Å². The van der Waals surface area contributed by atoms with Gasteiger partial charge in [0.15, 0.2) is 5.65 Å². The van der Waals surface area contributed by atoms with Crippen LogP contribution >= 0.6 is 0 Å². The monoisotopic (exact) mass is 259 g/mol. The molecule has 0 saturated carbocycles. The number of carbonyl (C=O) groups excluding carboxylic acids is 1. The molecule has 1 amide bonds. The summed E-state index contributed by atoms with van der Waals surface area (Å²) in [5.74, 6) is 0.345. The smallest absolute Gasteiger partial charge is 0.254 e. The lowest BCUT2D eigenvalue weighted by Gasteiger charge is -2.27. The van der Waals surface area contributed by atoms with Crippen molar-refractivity contribution in [2.75, 3.05) is 18.1 Å². The Morgan fingerprint density at radius 3 is 3.11 bits per heavy atom. The van der Waals surface area contributed by atoms with Crippen LogP contribution in [-0.4, -0.2) is 45.8 Å². The highest BCUT2D eigenvalue weighted by Crippen LogP contribution is 2.31. The Morgan fingerprint density at radius 1 is 1.53 bits per heavy atom. The summed E-state index contributed by atoms with van der Waals surface area (Å²) < 4.78 is 7.14. The molecule has 7 heteroatoms. The number of hydrogen-bond donors (Lipinski definition) is 1. The van der Waals surface area contributed by atoms with Crippen molar-refractivity contribution in [2.24, 2.45) is 5.73 Å². The molecule has 4 heterocycles. The van der Waals surface area contributed by atoms with Gasteiger partial charge in [-0.25, -0.2) is 9.50 Å². The molecule has 19 heavy (non-hydrogen) atoms. The van der Waals surface area contributed by atoms with Gasteiger partial charge in [0.25, 0.3) is 5.91 Å². The minimum Gasteiger partial charge on any atom is -0.374 e. The lowest BCUT2D eigenvalue weighted by molar-refractivity contribution is 0.0987.